The molecular weight excluding hydrogens is 484 g/mol. The Labute approximate surface area is 199 Å². The van der Waals surface area contributed by atoms with Crippen LogP contribution in [0.3, 0.4) is 0 Å². The summed E-state index contributed by atoms with van der Waals surface area (Å²) in [7, 11) is 0. The van der Waals surface area contributed by atoms with Gasteiger partial charge in [-0.1, -0.05) is 54.6 Å². The number of hydrogen-bond acceptors (Lipinski definition) is 8. The van der Waals surface area contributed by atoms with E-state index in [-0.39, 0.29) is 28.0 Å². The number of carboxylic acids is 1. The summed E-state index contributed by atoms with van der Waals surface area (Å²) in [6.45, 7) is 0. The molecule has 0 amide bonds. The Kier molecular flexibility index (Phi) is 15.3. The van der Waals surface area contributed by atoms with Gasteiger partial charge in [0, 0.05) is 29.2 Å². The predicted octanol–water partition coefficient (Wildman–Crippen LogP) is 0.198. The summed E-state index contributed by atoms with van der Waals surface area (Å²) in [4.78, 5) is 27.2. The topological polar surface area (TPSA) is 221 Å². The third kappa shape index (κ3) is 10.5. The molecule has 0 aliphatic rings. The van der Waals surface area contributed by atoms with Crippen LogP contribution in [0.4, 0.5) is 0 Å². The van der Waals surface area contributed by atoms with Crippen LogP contribution in [0.25, 0.3) is 21.8 Å². The van der Waals surface area contributed by atoms with Gasteiger partial charge < -0.3 is 41.9 Å². The van der Waals surface area contributed by atoms with E-state index < -0.39 is 17.1 Å². The first-order valence-corrected chi connectivity index (χ1v) is 8.79. The third-order valence-corrected chi connectivity index (χ3v) is 3.95. The Morgan fingerprint density at radius 3 is 1.67 bits per heavy atom. The van der Waals surface area contributed by atoms with Crippen molar-refractivity contribution in [3.05, 3.63) is 100 Å². The molecular formula is C21H22CuN4O7. The average molecular weight is 506 g/mol. The molecule has 1 radical (unpaired) electrons. The van der Waals surface area contributed by atoms with Crippen LogP contribution in [-0.2, 0) is 28.3 Å². The Bertz CT molecular complexity index is 1070. The fourth-order valence-corrected chi connectivity index (χ4v) is 2.63. The zero-order chi connectivity index (χ0) is 21.9. The first-order chi connectivity index (χ1) is 14.4. The van der Waals surface area contributed by atoms with Crippen molar-refractivity contribution in [1.82, 2.24) is 9.97 Å². The molecule has 0 spiro atoms. The number of aliphatic carboxylic acids is 1. The van der Waals surface area contributed by atoms with Crippen LogP contribution >= 0.6 is 0 Å². The first kappa shape index (κ1) is 31.5. The molecule has 0 aliphatic carbocycles. The van der Waals surface area contributed by atoms with Gasteiger partial charge in [-0.3, -0.25) is 9.97 Å². The molecule has 2 heterocycles. The maximum Gasteiger partial charge on any atom is 2.00 e. The zero-order valence-electron chi connectivity index (χ0n) is 17.1. The van der Waals surface area contributed by atoms with Crippen molar-refractivity contribution in [3.8, 4) is 0 Å². The van der Waals surface area contributed by atoms with E-state index in [1.165, 1.54) is 0 Å². The second-order valence-corrected chi connectivity index (χ2v) is 6.05. The Hall–Kier alpha value is -3.67. The minimum absolute atomic E-state index is 0. The largest absolute Gasteiger partial charge is 2.00 e. The monoisotopic (exact) mass is 505 g/mol. The van der Waals surface area contributed by atoms with Gasteiger partial charge in [0.2, 0.25) is 0 Å². The fourth-order valence-electron chi connectivity index (χ4n) is 2.63. The predicted molar refractivity (Wildman–Crippen MR) is 118 cm³/mol. The van der Waals surface area contributed by atoms with E-state index in [0.717, 1.165) is 27.4 Å². The van der Waals surface area contributed by atoms with Crippen molar-refractivity contribution in [1.29, 1.82) is 0 Å². The SMILES string of the molecule is NC(Cc1ccccc1)C(=O)[O-].O.O.O=[N+]([O-])[O-].[Cu+2].c1cnc2c(c1)ccc1cccnc12. The summed E-state index contributed by atoms with van der Waals surface area (Å²) in [6.07, 6.45) is 3.93. The number of aromatic nitrogens is 2. The number of hydrogen-bond donors (Lipinski definition) is 1. The number of benzene rings is 2. The number of pyridine rings is 2. The maximum atomic E-state index is 10.3. The molecule has 0 bridgehead atoms. The summed E-state index contributed by atoms with van der Waals surface area (Å²) in [5.74, 6) is -1.21. The quantitative estimate of drug-likeness (QED) is 0.175. The van der Waals surface area contributed by atoms with E-state index in [4.69, 9.17) is 21.1 Å². The summed E-state index contributed by atoms with van der Waals surface area (Å²) in [6, 6.07) is 20.5. The molecule has 0 saturated heterocycles. The van der Waals surface area contributed by atoms with Crippen LogP contribution in [0.15, 0.2) is 79.1 Å². The van der Waals surface area contributed by atoms with Crippen molar-refractivity contribution < 1.29 is 43.0 Å². The molecule has 0 fully saturated rings. The minimum Gasteiger partial charge on any atom is -0.548 e. The van der Waals surface area contributed by atoms with Crippen LogP contribution in [0.2, 0.25) is 0 Å². The third-order valence-electron chi connectivity index (χ3n) is 3.95. The number of nitrogens with zero attached hydrogens (tertiary/aromatic N) is 3. The number of fused-ring (bicyclic) bond motifs is 3. The van der Waals surface area contributed by atoms with Crippen LogP contribution in [0.1, 0.15) is 5.56 Å². The molecule has 33 heavy (non-hydrogen) atoms. The van der Waals surface area contributed by atoms with Crippen molar-refractivity contribution >= 4 is 27.8 Å². The molecule has 6 N–H and O–H groups in total. The molecule has 12 heteroatoms. The van der Waals surface area contributed by atoms with Crippen LogP contribution in [-0.4, -0.2) is 38.0 Å². The number of carboxylic acid groups (broad SMARTS) is 1. The summed E-state index contributed by atoms with van der Waals surface area (Å²) >= 11 is 0. The van der Waals surface area contributed by atoms with Crippen molar-refractivity contribution in [3.63, 3.8) is 0 Å². The minimum atomic E-state index is -1.75. The summed E-state index contributed by atoms with van der Waals surface area (Å²) in [5.41, 5.74) is 8.15. The first-order valence-electron chi connectivity index (χ1n) is 8.79. The van der Waals surface area contributed by atoms with Crippen LogP contribution < -0.4 is 10.8 Å². The molecule has 1 atom stereocenters. The van der Waals surface area contributed by atoms with E-state index in [1.54, 1.807) is 12.4 Å². The molecule has 2 aromatic heterocycles. The molecule has 2 aromatic carbocycles. The fraction of sp³-hybridized carbons (Fsp3) is 0.0952. The van der Waals surface area contributed by atoms with Gasteiger partial charge in [-0.2, -0.15) is 0 Å². The Balaban J connectivity index is 0. The van der Waals surface area contributed by atoms with Crippen molar-refractivity contribution in [2.45, 2.75) is 12.5 Å². The summed E-state index contributed by atoms with van der Waals surface area (Å²) in [5, 5.41) is 27.3. The molecule has 0 saturated carbocycles. The number of carbonyl (C=O) groups excluding carboxylic acids is 1. The molecule has 4 rings (SSSR count). The Morgan fingerprint density at radius 1 is 0.848 bits per heavy atom. The van der Waals surface area contributed by atoms with Crippen molar-refractivity contribution in [2.24, 2.45) is 5.73 Å². The summed E-state index contributed by atoms with van der Waals surface area (Å²) < 4.78 is 0. The number of carbonyl (C=O) groups is 1. The van der Waals surface area contributed by atoms with E-state index in [0.29, 0.717) is 6.42 Å². The second kappa shape index (κ2) is 16.0. The second-order valence-electron chi connectivity index (χ2n) is 6.05. The van der Waals surface area contributed by atoms with Gasteiger partial charge in [0.25, 0.3) is 0 Å². The van der Waals surface area contributed by atoms with Gasteiger partial charge >= 0.3 is 17.1 Å². The number of nitrogens with two attached hydrogens (primary N) is 1. The maximum absolute atomic E-state index is 10.3. The van der Waals surface area contributed by atoms with Gasteiger partial charge in [-0.25, -0.2) is 0 Å². The van der Waals surface area contributed by atoms with E-state index in [2.05, 4.69) is 34.2 Å². The van der Waals surface area contributed by atoms with Gasteiger partial charge in [0.05, 0.1) is 22.1 Å². The van der Waals surface area contributed by atoms with Gasteiger partial charge in [-0.15, -0.1) is 0 Å². The van der Waals surface area contributed by atoms with E-state index in [9.17, 15) is 9.90 Å². The zero-order valence-corrected chi connectivity index (χ0v) is 18.0. The standard InChI is InChI=1S/C12H8N2.C9H11NO2.Cu.NO3.2H2O/c1-3-9-5-6-10-4-2-8-14-12(10)11(9)13-7-1;10-8(9(11)12)6-7-4-2-1-3-5-7;;2-1(3)4;;/h1-8H;1-5,8H,6,10H2,(H,11,12);;;2*1H2/q;;+2;-1;;/p-1. The molecule has 0 aliphatic heterocycles. The van der Waals surface area contributed by atoms with E-state index in [1.807, 2.05) is 42.5 Å². The van der Waals surface area contributed by atoms with E-state index >= 15 is 0 Å². The molecule has 1 unspecified atom stereocenters. The average Bonchev–Trinajstić information content (AvgIpc) is 2.74. The normalized spacial score (nSPS) is 9.85. The van der Waals surface area contributed by atoms with Crippen LogP contribution in [0.5, 0.6) is 0 Å². The van der Waals surface area contributed by atoms with Gasteiger partial charge in [-0.05, 0) is 24.1 Å². The smallest absolute Gasteiger partial charge is 0.548 e. The molecule has 11 nitrogen and oxygen atoms in total. The Morgan fingerprint density at radius 2 is 1.27 bits per heavy atom. The van der Waals surface area contributed by atoms with Crippen LogP contribution in [0, 0.1) is 15.3 Å². The van der Waals surface area contributed by atoms with Gasteiger partial charge in [0.1, 0.15) is 0 Å². The van der Waals surface area contributed by atoms with Crippen molar-refractivity contribution in [2.75, 3.05) is 0 Å². The molecule has 179 valence electrons. The van der Waals surface area contributed by atoms with Gasteiger partial charge in [0.15, 0.2) is 0 Å². The molecule has 4 aromatic rings. The number of rotatable bonds is 3.